The maximum atomic E-state index is 13.2. The van der Waals surface area contributed by atoms with E-state index in [1.54, 1.807) is 12.1 Å². The van der Waals surface area contributed by atoms with Crippen molar-refractivity contribution in [1.82, 2.24) is 0 Å². The average molecular weight is 300 g/mol. The van der Waals surface area contributed by atoms with Crippen molar-refractivity contribution in [2.45, 2.75) is 16.2 Å². The summed E-state index contributed by atoms with van der Waals surface area (Å²) in [6.45, 7) is 0.521. The molecule has 0 unspecified atom stereocenters. The Morgan fingerprint density at radius 1 is 1.05 bits per heavy atom. The van der Waals surface area contributed by atoms with Gasteiger partial charge >= 0.3 is 0 Å². The highest BCUT2D eigenvalue weighted by Crippen LogP contribution is 2.33. The molecule has 5 heteroatoms. The molecule has 0 aliphatic heterocycles. The van der Waals surface area contributed by atoms with E-state index in [4.69, 9.17) is 17.3 Å². The van der Waals surface area contributed by atoms with E-state index in [1.807, 2.05) is 6.07 Å². The van der Waals surface area contributed by atoms with Crippen LogP contribution >= 0.6 is 23.4 Å². The summed E-state index contributed by atoms with van der Waals surface area (Å²) >= 11 is 7.31. The van der Waals surface area contributed by atoms with Crippen molar-refractivity contribution in [3.63, 3.8) is 0 Å². The molecule has 1 nitrogen and oxygen atoms in total. The van der Waals surface area contributed by atoms with E-state index in [0.29, 0.717) is 22.9 Å². The summed E-state index contributed by atoms with van der Waals surface area (Å²) in [6.07, 6.45) is 0.711. The molecule has 0 aliphatic carbocycles. The maximum Gasteiger partial charge on any atom is 0.159 e. The summed E-state index contributed by atoms with van der Waals surface area (Å²) in [4.78, 5) is 1.53. The zero-order chi connectivity index (χ0) is 13.8. The molecule has 2 aromatic carbocycles. The molecule has 19 heavy (non-hydrogen) atoms. The molecule has 0 fully saturated rings. The quantitative estimate of drug-likeness (QED) is 0.912. The van der Waals surface area contributed by atoms with Gasteiger partial charge in [0.15, 0.2) is 11.6 Å². The Kier molecular flexibility index (Phi) is 4.80. The second kappa shape index (κ2) is 6.37. The van der Waals surface area contributed by atoms with Crippen LogP contribution in [0, 0.1) is 11.6 Å². The Morgan fingerprint density at radius 3 is 2.53 bits per heavy atom. The molecule has 2 aromatic rings. The van der Waals surface area contributed by atoms with Crippen molar-refractivity contribution >= 4 is 23.4 Å². The smallest absolute Gasteiger partial charge is 0.159 e. The van der Waals surface area contributed by atoms with Crippen LogP contribution < -0.4 is 5.73 Å². The lowest BCUT2D eigenvalue weighted by Gasteiger charge is -2.09. The fourth-order valence-corrected chi connectivity index (χ4v) is 2.93. The van der Waals surface area contributed by atoms with Crippen molar-refractivity contribution in [2.24, 2.45) is 5.73 Å². The summed E-state index contributed by atoms with van der Waals surface area (Å²) in [6, 6.07) is 9.33. The first-order valence-corrected chi connectivity index (χ1v) is 6.91. The topological polar surface area (TPSA) is 26.0 Å². The van der Waals surface area contributed by atoms with E-state index in [2.05, 4.69) is 0 Å². The minimum Gasteiger partial charge on any atom is -0.330 e. The lowest BCUT2D eigenvalue weighted by Crippen LogP contribution is -2.03. The Labute approximate surface area is 119 Å². The number of halogens is 3. The van der Waals surface area contributed by atoms with Crippen molar-refractivity contribution in [1.29, 1.82) is 0 Å². The molecule has 0 aliphatic rings. The van der Waals surface area contributed by atoms with Gasteiger partial charge in [-0.05, 0) is 48.9 Å². The molecule has 2 rings (SSSR count). The molecule has 2 N–H and O–H groups in total. The van der Waals surface area contributed by atoms with Crippen LogP contribution in [0.4, 0.5) is 8.78 Å². The van der Waals surface area contributed by atoms with Crippen LogP contribution in [0.3, 0.4) is 0 Å². The van der Waals surface area contributed by atoms with Gasteiger partial charge in [-0.1, -0.05) is 29.4 Å². The van der Waals surface area contributed by atoms with Gasteiger partial charge in [0.1, 0.15) is 0 Å². The van der Waals surface area contributed by atoms with Crippen molar-refractivity contribution in [3.8, 4) is 0 Å². The zero-order valence-corrected chi connectivity index (χ0v) is 11.6. The van der Waals surface area contributed by atoms with Gasteiger partial charge in [0.25, 0.3) is 0 Å². The summed E-state index contributed by atoms with van der Waals surface area (Å²) in [7, 11) is 0. The third kappa shape index (κ3) is 3.69. The molecule has 0 bridgehead atoms. The SMILES string of the molecule is NCCc1ccc(Cl)cc1Sc1ccc(F)c(F)c1. The van der Waals surface area contributed by atoms with Crippen molar-refractivity contribution in [2.75, 3.05) is 6.54 Å². The molecule has 0 aromatic heterocycles. The highest BCUT2D eigenvalue weighted by Gasteiger charge is 2.08. The number of benzene rings is 2. The van der Waals surface area contributed by atoms with Crippen LogP contribution in [0.5, 0.6) is 0 Å². The molecule has 0 radical (unpaired) electrons. The van der Waals surface area contributed by atoms with Gasteiger partial charge in [0.2, 0.25) is 0 Å². The second-order valence-corrected chi connectivity index (χ2v) is 5.52. The lowest BCUT2D eigenvalue weighted by atomic mass is 10.1. The Morgan fingerprint density at radius 2 is 1.84 bits per heavy atom. The van der Waals surface area contributed by atoms with Gasteiger partial charge < -0.3 is 5.73 Å². The molecule has 0 heterocycles. The van der Waals surface area contributed by atoms with Crippen molar-refractivity contribution < 1.29 is 8.78 Å². The Hall–Kier alpha value is -1.10. The summed E-state index contributed by atoms with van der Waals surface area (Å²) in [5.74, 6) is -1.70. The highest BCUT2D eigenvalue weighted by molar-refractivity contribution is 7.99. The lowest BCUT2D eigenvalue weighted by molar-refractivity contribution is 0.506. The van der Waals surface area contributed by atoms with Gasteiger partial charge in [-0.3, -0.25) is 0 Å². The summed E-state index contributed by atoms with van der Waals surface area (Å²) in [5, 5.41) is 0.603. The van der Waals surface area contributed by atoms with Gasteiger partial charge in [0.05, 0.1) is 0 Å². The molecular weight excluding hydrogens is 288 g/mol. The number of hydrogen-bond acceptors (Lipinski definition) is 2. The summed E-state index contributed by atoms with van der Waals surface area (Å²) in [5.41, 5.74) is 6.60. The fraction of sp³-hybridized carbons (Fsp3) is 0.143. The molecule has 0 saturated carbocycles. The maximum absolute atomic E-state index is 13.2. The number of nitrogens with two attached hydrogens (primary N) is 1. The Balaban J connectivity index is 2.30. The standard InChI is InChI=1S/C14H12ClF2NS/c15-10-2-1-9(5-6-18)14(7-10)19-11-3-4-12(16)13(17)8-11/h1-4,7-8H,5-6,18H2. The second-order valence-electron chi connectivity index (χ2n) is 3.97. The number of rotatable bonds is 4. The van der Waals surface area contributed by atoms with E-state index >= 15 is 0 Å². The van der Waals surface area contributed by atoms with Crippen LogP contribution in [0.1, 0.15) is 5.56 Å². The van der Waals surface area contributed by atoms with Crippen LogP contribution in [0.15, 0.2) is 46.2 Å². The first-order valence-electron chi connectivity index (χ1n) is 5.71. The predicted molar refractivity (Wildman–Crippen MR) is 74.7 cm³/mol. The van der Waals surface area contributed by atoms with E-state index < -0.39 is 11.6 Å². The van der Waals surface area contributed by atoms with Crippen LogP contribution in [-0.4, -0.2) is 6.54 Å². The minimum atomic E-state index is -0.854. The molecule has 0 saturated heterocycles. The van der Waals surface area contributed by atoms with E-state index in [9.17, 15) is 8.78 Å². The number of hydrogen-bond donors (Lipinski definition) is 1. The first-order chi connectivity index (χ1) is 9.10. The minimum absolute atomic E-state index is 0.521. The van der Waals surface area contributed by atoms with Crippen LogP contribution in [0.2, 0.25) is 5.02 Å². The third-order valence-corrected chi connectivity index (χ3v) is 3.89. The molecule has 0 atom stereocenters. The van der Waals surface area contributed by atoms with Gasteiger partial charge in [-0.15, -0.1) is 0 Å². The monoisotopic (exact) mass is 299 g/mol. The van der Waals surface area contributed by atoms with Crippen LogP contribution in [-0.2, 0) is 6.42 Å². The predicted octanol–water partition coefficient (Wildman–Crippen LogP) is 4.27. The Bertz CT molecular complexity index is 590. The van der Waals surface area contributed by atoms with E-state index in [-0.39, 0.29) is 0 Å². The summed E-state index contributed by atoms with van der Waals surface area (Å²) < 4.78 is 26.1. The molecule has 0 spiro atoms. The molecule has 100 valence electrons. The van der Waals surface area contributed by atoms with E-state index in [1.165, 1.54) is 23.9 Å². The largest absolute Gasteiger partial charge is 0.330 e. The zero-order valence-electron chi connectivity index (χ0n) is 10.00. The molecular formula is C14H12ClF2NS. The van der Waals surface area contributed by atoms with Gasteiger partial charge in [-0.25, -0.2) is 8.78 Å². The van der Waals surface area contributed by atoms with Gasteiger partial charge in [0, 0.05) is 14.8 Å². The average Bonchev–Trinajstić information content (AvgIpc) is 2.37. The normalized spacial score (nSPS) is 10.7. The highest BCUT2D eigenvalue weighted by atomic mass is 35.5. The first kappa shape index (κ1) is 14.3. The van der Waals surface area contributed by atoms with Gasteiger partial charge in [-0.2, -0.15) is 0 Å². The molecule has 0 amide bonds. The van der Waals surface area contributed by atoms with E-state index in [0.717, 1.165) is 16.5 Å². The fourth-order valence-electron chi connectivity index (χ4n) is 1.65. The third-order valence-electron chi connectivity index (χ3n) is 2.56. The van der Waals surface area contributed by atoms with Crippen molar-refractivity contribution in [3.05, 3.63) is 58.6 Å². The van der Waals surface area contributed by atoms with Crippen LogP contribution in [0.25, 0.3) is 0 Å².